The molecule has 6 nitrogen and oxygen atoms in total. The molecule has 4 rings (SSSR count). The van der Waals surface area contributed by atoms with E-state index < -0.39 is 0 Å². The van der Waals surface area contributed by atoms with Gasteiger partial charge in [0.15, 0.2) is 0 Å². The number of nitrogens with zero attached hydrogens (tertiary/aromatic N) is 5. The number of carbonyl (C=O) groups is 1. The van der Waals surface area contributed by atoms with Crippen molar-refractivity contribution in [2.75, 3.05) is 25.0 Å². The second-order valence-corrected chi connectivity index (χ2v) is 7.43. The van der Waals surface area contributed by atoms with Gasteiger partial charge in [0, 0.05) is 45.9 Å². The lowest BCUT2D eigenvalue weighted by Gasteiger charge is -2.24. The smallest absolute Gasteiger partial charge is 0.219 e. The molecular weight excluding hydrogens is 362 g/mol. The molecule has 3 heterocycles. The van der Waals surface area contributed by atoms with Crippen LogP contribution in [-0.2, 0) is 11.8 Å². The number of fused-ring (bicyclic) bond motifs is 1. The zero-order chi connectivity index (χ0) is 19.1. The summed E-state index contributed by atoms with van der Waals surface area (Å²) in [5, 5.41) is 0.578. The summed E-state index contributed by atoms with van der Waals surface area (Å²) in [6.07, 6.45) is 2.62. The Balaban J connectivity index is 1.68. The third-order valence-electron chi connectivity index (χ3n) is 5.40. The van der Waals surface area contributed by atoms with E-state index in [2.05, 4.69) is 14.5 Å². The maximum absolute atomic E-state index is 11.6. The maximum Gasteiger partial charge on any atom is 0.219 e. The van der Waals surface area contributed by atoms with E-state index in [4.69, 9.17) is 16.6 Å². The molecule has 1 atom stereocenters. The minimum atomic E-state index is 0.0892. The largest absolute Gasteiger partial charge is 0.354 e. The number of carbonyl (C=O) groups excluding carboxylic acids is 1. The van der Waals surface area contributed by atoms with Crippen molar-refractivity contribution >= 4 is 34.4 Å². The van der Waals surface area contributed by atoms with Crippen LogP contribution in [0.25, 0.3) is 22.4 Å². The van der Waals surface area contributed by atoms with Crippen molar-refractivity contribution in [1.82, 2.24) is 19.4 Å². The number of halogens is 1. The van der Waals surface area contributed by atoms with Gasteiger partial charge in [-0.05, 0) is 24.6 Å². The van der Waals surface area contributed by atoms with Crippen LogP contribution in [-0.4, -0.2) is 51.5 Å². The fourth-order valence-electron chi connectivity index (χ4n) is 3.68. The molecule has 0 spiro atoms. The van der Waals surface area contributed by atoms with E-state index >= 15 is 0 Å². The van der Waals surface area contributed by atoms with E-state index in [-0.39, 0.29) is 11.9 Å². The highest BCUT2D eigenvalue weighted by atomic mass is 35.5. The number of rotatable bonds is 3. The Morgan fingerprint density at radius 2 is 2.11 bits per heavy atom. The molecule has 1 aliphatic heterocycles. The molecule has 27 heavy (non-hydrogen) atoms. The summed E-state index contributed by atoms with van der Waals surface area (Å²) >= 11 is 6.47. The number of hydrogen-bond acceptors (Lipinski definition) is 4. The number of pyridine rings is 1. The molecule has 0 bridgehead atoms. The van der Waals surface area contributed by atoms with E-state index in [0.29, 0.717) is 5.02 Å². The Hall–Kier alpha value is -2.60. The number of benzene rings is 1. The van der Waals surface area contributed by atoms with Crippen LogP contribution < -0.4 is 4.90 Å². The van der Waals surface area contributed by atoms with Gasteiger partial charge in [0.05, 0.1) is 22.1 Å². The summed E-state index contributed by atoms with van der Waals surface area (Å²) < 4.78 is 2.05. The fraction of sp³-hybridized carbons (Fsp3) is 0.350. The Morgan fingerprint density at radius 1 is 1.33 bits per heavy atom. The molecule has 1 amide bonds. The molecule has 0 saturated carbocycles. The van der Waals surface area contributed by atoms with Crippen LogP contribution in [0.2, 0.25) is 5.02 Å². The number of hydrogen-bond donors (Lipinski definition) is 0. The summed E-state index contributed by atoms with van der Waals surface area (Å²) in [4.78, 5) is 24.9. The van der Waals surface area contributed by atoms with Crippen molar-refractivity contribution < 1.29 is 4.79 Å². The van der Waals surface area contributed by atoms with Gasteiger partial charge in [0.2, 0.25) is 5.91 Å². The molecule has 1 saturated heterocycles. The molecule has 0 aliphatic carbocycles. The Morgan fingerprint density at radius 3 is 2.85 bits per heavy atom. The first-order chi connectivity index (χ1) is 13.0. The highest BCUT2D eigenvalue weighted by Gasteiger charge is 2.28. The normalized spacial score (nSPS) is 16.9. The average molecular weight is 384 g/mol. The lowest BCUT2D eigenvalue weighted by Crippen LogP contribution is -2.37. The van der Waals surface area contributed by atoms with Crippen LogP contribution in [0.1, 0.15) is 13.3 Å². The van der Waals surface area contributed by atoms with Gasteiger partial charge in [-0.15, -0.1) is 0 Å². The lowest BCUT2D eigenvalue weighted by atomic mass is 10.2. The number of aromatic nitrogens is 3. The highest BCUT2D eigenvalue weighted by molar-refractivity contribution is 6.33. The van der Waals surface area contributed by atoms with Crippen LogP contribution in [0, 0.1) is 0 Å². The number of likely N-dealkylation sites (N-methyl/N-ethyl adjacent to an activating group) is 1. The van der Waals surface area contributed by atoms with Crippen molar-refractivity contribution in [3.63, 3.8) is 0 Å². The standard InChI is InChI=1S/C20H22ClN5O/c1-13(27)24(2)14-8-9-26(12-14)19-10-15(16(21)11-22-19)20-23-17-6-4-5-7-18(17)25(20)3/h4-7,10-11,14H,8-9,12H2,1-3H3. The summed E-state index contributed by atoms with van der Waals surface area (Å²) in [6, 6.07) is 10.2. The van der Waals surface area contributed by atoms with E-state index in [1.54, 1.807) is 13.1 Å². The Kier molecular flexibility index (Phi) is 4.52. The first-order valence-corrected chi connectivity index (χ1v) is 9.39. The number of imidazole rings is 1. The minimum Gasteiger partial charge on any atom is -0.354 e. The van der Waals surface area contributed by atoms with Gasteiger partial charge in [-0.2, -0.15) is 0 Å². The van der Waals surface area contributed by atoms with Gasteiger partial charge in [-0.1, -0.05) is 23.7 Å². The van der Waals surface area contributed by atoms with E-state index in [1.165, 1.54) is 0 Å². The van der Waals surface area contributed by atoms with Crippen molar-refractivity contribution in [2.45, 2.75) is 19.4 Å². The predicted octanol–water partition coefficient (Wildman–Crippen LogP) is 3.35. The van der Waals surface area contributed by atoms with Crippen molar-refractivity contribution in [3.8, 4) is 11.4 Å². The van der Waals surface area contributed by atoms with Crippen LogP contribution in [0.3, 0.4) is 0 Å². The SMILES string of the molecule is CC(=O)N(C)C1CCN(c2cc(-c3nc4ccccc4n3C)c(Cl)cn2)C1. The van der Waals surface area contributed by atoms with Crippen LogP contribution >= 0.6 is 11.6 Å². The Labute approximate surface area is 163 Å². The molecule has 1 fully saturated rings. The third-order valence-corrected chi connectivity index (χ3v) is 5.70. The molecule has 7 heteroatoms. The molecule has 0 N–H and O–H groups in total. The number of para-hydroxylation sites is 2. The summed E-state index contributed by atoms with van der Waals surface area (Å²) in [5.74, 6) is 1.77. The monoisotopic (exact) mass is 383 g/mol. The van der Waals surface area contributed by atoms with Crippen molar-refractivity contribution in [1.29, 1.82) is 0 Å². The molecule has 1 aliphatic rings. The molecule has 1 unspecified atom stereocenters. The summed E-state index contributed by atoms with van der Waals surface area (Å²) in [5.41, 5.74) is 2.86. The topological polar surface area (TPSA) is 54.3 Å². The molecule has 0 radical (unpaired) electrons. The second kappa shape index (κ2) is 6.85. The van der Waals surface area contributed by atoms with Crippen LogP contribution in [0.4, 0.5) is 5.82 Å². The van der Waals surface area contributed by atoms with E-state index in [0.717, 1.165) is 47.7 Å². The predicted molar refractivity (Wildman–Crippen MR) is 108 cm³/mol. The number of aryl methyl sites for hydroxylation is 1. The number of anilines is 1. The fourth-order valence-corrected chi connectivity index (χ4v) is 3.87. The highest BCUT2D eigenvalue weighted by Crippen LogP contribution is 2.32. The van der Waals surface area contributed by atoms with E-state index in [1.807, 2.05) is 49.3 Å². The van der Waals surface area contributed by atoms with Crippen molar-refractivity contribution in [3.05, 3.63) is 41.6 Å². The van der Waals surface area contributed by atoms with Gasteiger partial charge >= 0.3 is 0 Å². The van der Waals surface area contributed by atoms with Gasteiger partial charge in [-0.3, -0.25) is 4.79 Å². The van der Waals surface area contributed by atoms with E-state index in [9.17, 15) is 4.79 Å². The van der Waals surface area contributed by atoms with Gasteiger partial charge in [0.25, 0.3) is 0 Å². The Bertz CT molecular complexity index is 1010. The summed E-state index contributed by atoms with van der Waals surface area (Å²) in [7, 11) is 3.85. The average Bonchev–Trinajstić information content (AvgIpc) is 3.27. The lowest BCUT2D eigenvalue weighted by molar-refractivity contribution is -0.129. The minimum absolute atomic E-state index is 0.0892. The molecule has 3 aromatic rings. The zero-order valence-corrected chi connectivity index (χ0v) is 16.4. The molecule has 1 aromatic carbocycles. The quantitative estimate of drug-likeness (QED) is 0.696. The number of amides is 1. The van der Waals surface area contributed by atoms with Gasteiger partial charge in [0.1, 0.15) is 11.6 Å². The zero-order valence-electron chi connectivity index (χ0n) is 15.7. The summed E-state index contributed by atoms with van der Waals surface area (Å²) in [6.45, 7) is 3.23. The van der Waals surface area contributed by atoms with Crippen molar-refractivity contribution in [2.24, 2.45) is 7.05 Å². The molecule has 2 aromatic heterocycles. The van der Waals surface area contributed by atoms with Gasteiger partial charge < -0.3 is 14.4 Å². The molecule has 140 valence electrons. The molecular formula is C20H22ClN5O. The van der Waals surface area contributed by atoms with Crippen LogP contribution in [0.15, 0.2) is 36.5 Å². The first-order valence-electron chi connectivity index (χ1n) is 9.01. The second-order valence-electron chi connectivity index (χ2n) is 7.02. The maximum atomic E-state index is 11.6. The van der Waals surface area contributed by atoms with Gasteiger partial charge in [-0.25, -0.2) is 9.97 Å². The first kappa shape index (κ1) is 17.8. The third kappa shape index (κ3) is 3.14. The van der Waals surface area contributed by atoms with Crippen LogP contribution in [0.5, 0.6) is 0 Å².